The van der Waals surface area contributed by atoms with E-state index in [1.54, 1.807) is 38.1 Å². The molecule has 0 radical (unpaired) electrons. The number of ether oxygens (including phenoxy) is 2. The highest BCUT2D eigenvalue weighted by Crippen LogP contribution is 2.32. The molecule has 1 heterocycles. The van der Waals surface area contributed by atoms with Crippen LogP contribution >= 0.6 is 15.9 Å². The number of β-lactam (4-membered cyclic amide) rings is 1. The Hall–Kier alpha value is -3.79. The molecule has 0 aromatic heterocycles. The van der Waals surface area contributed by atoms with E-state index in [9.17, 15) is 19.5 Å². The molecule has 214 valence electrons. The van der Waals surface area contributed by atoms with Crippen LogP contribution in [0.2, 0.25) is 0 Å². The van der Waals surface area contributed by atoms with Crippen LogP contribution in [0, 0.1) is 0 Å². The number of halogens is 1. The van der Waals surface area contributed by atoms with E-state index in [4.69, 9.17) is 9.47 Å². The van der Waals surface area contributed by atoms with Crippen molar-refractivity contribution >= 4 is 33.7 Å². The van der Waals surface area contributed by atoms with E-state index in [2.05, 4.69) is 21.2 Å². The summed E-state index contributed by atoms with van der Waals surface area (Å²) in [5, 5.41) is 13.1. The Morgan fingerprint density at radius 3 is 1.90 bits per heavy atom. The molecule has 4 rings (SSSR count). The van der Waals surface area contributed by atoms with E-state index < -0.39 is 36.4 Å². The third-order valence-electron chi connectivity index (χ3n) is 6.57. The number of aliphatic hydroxyl groups is 1. The number of allylic oxidation sites excluding steroid dienone is 1. The molecule has 9 heteroatoms. The Morgan fingerprint density at radius 2 is 1.44 bits per heavy atom. The maximum atomic E-state index is 13.7. The quantitative estimate of drug-likeness (QED) is 0.130. The first-order chi connectivity index (χ1) is 19.8. The maximum absolute atomic E-state index is 13.7. The number of alkyl halides is 1. The lowest BCUT2D eigenvalue weighted by molar-refractivity contribution is -0.157. The fraction of sp³-hybridized carbons (Fsp3) is 0.281. The smallest absolute Gasteiger partial charge is 0.355 e. The van der Waals surface area contributed by atoms with Gasteiger partial charge in [-0.25, -0.2) is 4.79 Å². The molecule has 2 N–H and O–H groups in total. The van der Waals surface area contributed by atoms with Gasteiger partial charge in [0.2, 0.25) is 5.91 Å². The monoisotopic (exact) mass is 620 g/mol. The lowest BCUT2D eigenvalue weighted by Crippen LogP contribution is -2.62. The van der Waals surface area contributed by atoms with Crippen LogP contribution in [0.15, 0.2) is 102 Å². The molecule has 1 aliphatic heterocycles. The van der Waals surface area contributed by atoms with Crippen LogP contribution in [0.4, 0.5) is 0 Å². The van der Waals surface area contributed by atoms with Crippen LogP contribution in [0.3, 0.4) is 0 Å². The number of hydrogen-bond acceptors (Lipinski definition) is 6. The first kappa shape index (κ1) is 30.2. The molecular formula is C32H33BrN2O6. The molecule has 41 heavy (non-hydrogen) atoms. The fourth-order valence-electron chi connectivity index (χ4n) is 4.55. The Kier molecular flexibility index (Phi) is 10.5. The topological polar surface area (TPSA) is 105 Å². The van der Waals surface area contributed by atoms with Gasteiger partial charge in [0.15, 0.2) is 12.2 Å². The zero-order valence-corrected chi connectivity index (χ0v) is 24.5. The first-order valence-electron chi connectivity index (χ1n) is 13.3. The van der Waals surface area contributed by atoms with E-state index in [-0.39, 0.29) is 24.6 Å². The standard InChI is InChI=1S/C32H33BrN2O6/c1-21(2)28(32(39)41-29(22-12-6-3-7-13-22)23-14-8-4-9-15-23)35-26(18-27(35)37)34-31(38)30(40-20-25(36)19-33)24-16-10-5-11-17-24/h3-17,25-26,29-30,36H,18-20H2,1-2H3,(H,34,38). The van der Waals surface area contributed by atoms with Gasteiger partial charge in [0.1, 0.15) is 11.9 Å². The number of nitrogens with one attached hydrogen (secondary N) is 1. The van der Waals surface area contributed by atoms with Crippen LogP contribution < -0.4 is 5.32 Å². The molecule has 0 spiro atoms. The molecule has 3 aromatic carbocycles. The number of aliphatic hydroxyl groups excluding tert-OH is 1. The molecule has 1 fully saturated rings. The number of likely N-dealkylation sites (tertiary alicyclic amines) is 1. The summed E-state index contributed by atoms with van der Waals surface area (Å²) in [6.45, 7) is 3.37. The Balaban J connectivity index is 1.55. The molecule has 0 bridgehead atoms. The van der Waals surface area contributed by atoms with Gasteiger partial charge in [-0.15, -0.1) is 0 Å². The van der Waals surface area contributed by atoms with Crippen LogP contribution in [0.25, 0.3) is 0 Å². The van der Waals surface area contributed by atoms with Crippen molar-refractivity contribution in [3.8, 4) is 0 Å². The number of hydrogen-bond donors (Lipinski definition) is 2. The number of carbonyl (C=O) groups is 3. The summed E-state index contributed by atoms with van der Waals surface area (Å²) in [5.41, 5.74) is 2.81. The molecule has 0 aliphatic carbocycles. The highest BCUT2D eigenvalue weighted by atomic mass is 79.9. The van der Waals surface area contributed by atoms with Crippen molar-refractivity contribution in [3.63, 3.8) is 0 Å². The predicted molar refractivity (Wildman–Crippen MR) is 158 cm³/mol. The summed E-state index contributed by atoms with van der Waals surface area (Å²) in [6.07, 6.45) is -3.27. The van der Waals surface area contributed by atoms with Crippen LogP contribution in [-0.2, 0) is 23.9 Å². The van der Waals surface area contributed by atoms with E-state index in [0.29, 0.717) is 16.5 Å². The number of nitrogens with zero attached hydrogens (tertiary/aromatic N) is 1. The van der Waals surface area contributed by atoms with Gasteiger partial charge in [0, 0.05) is 5.33 Å². The number of benzene rings is 3. The average molecular weight is 622 g/mol. The molecule has 2 amide bonds. The summed E-state index contributed by atoms with van der Waals surface area (Å²) < 4.78 is 11.8. The Morgan fingerprint density at radius 1 is 0.927 bits per heavy atom. The van der Waals surface area contributed by atoms with Gasteiger partial charge in [0.25, 0.3) is 5.91 Å². The largest absolute Gasteiger partial charge is 0.448 e. The average Bonchev–Trinajstić information content (AvgIpc) is 2.99. The second-order valence-electron chi connectivity index (χ2n) is 9.88. The van der Waals surface area contributed by atoms with E-state index in [0.717, 1.165) is 11.1 Å². The Labute approximate surface area is 248 Å². The minimum absolute atomic E-state index is 0.0160. The summed E-state index contributed by atoms with van der Waals surface area (Å²) in [5.74, 6) is -1.48. The van der Waals surface area contributed by atoms with Gasteiger partial charge < -0.3 is 19.9 Å². The lowest BCUT2D eigenvalue weighted by Gasteiger charge is -2.42. The molecule has 1 saturated heterocycles. The van der Waals surface area contributed by atoms with Crippen molar-refractivity contribution in [1.82, 2.24) is 10.2 Å². The third kappa shape index (κ3) is 7.49. The summed E-state index contributed by atoms with van der Waals surface area (Å²) in [4.78, 5) is 41.2. The van der Waals surface area contributed by atoms with Crippen LogP contribution in [-0.4, -0.2) is 52.0 Å². The number of esters is 1. The van der Waals surface area contributed by atoms with Crippen molar-refractivity contribution in [1.29, 1.82) is 0 Å². The van der Waals surface area contributed by atoms with Gasteiger partial charge >= 0.3 is 5.97 Å². The van der Waals surface area contributed by atoms with E-state index in [1.807, 2.05) is 66.7 Å². The van der Waals surface area contributed by atoms with E-state index in [1.165, 1.54) is 4.90 Å². The van der Waals surface area contributed by atoms with Gasteiger partial charge in [-0.3, -0.25) is 14.5 Å². The third-order valence-corrected chi connectivity index (χ3v) is 7.32. The van der Waals surface area contributed by atoms with Crippen molar-refractivity contribution < 1.29 is 29.0 Å². The fourth-order valence-corrected chi connectivity index (χ4v) is 4.73. The minimum atomic E-state index is -1.02. The Bertz CT molecular complexity index is 1320. The summed E-state index contributed by atoms with van der Waals surface area (Å²) >= 11 is 3.20. The zero-order chi connectivity index (χ0) is 29.4. The van der Waals surface area contributed by atoms with Gasteiger partial charge in [-0.1, -0.05) is 107 Å². The normalized spacial score (nSPS) is 16.0. The second kappa shape index (κ2) is 14.2. The summed E-state index contributed by atoms with van der Waals surface area (Å²) in [7, 11) is 0. The number of rotatable bonds is 12. The molecule has 3 atom stereocenters. The number of amides is 2. The lowest BCUT2D eigenvalue weighted by atomic mass is 10.0. The maximum Gasteiger partial charge on any atom is 0.355 e. The molecular weight excluding hydrogens is 588 g/mol. The zero-order valence-electron chi connectivity index (χ0n) is 22.9. The SMILES string of the molecule is CC(C)=C(C(=O)OC(c1ccccc1)c1ccccc1)N1C(=O)CC1NC(=O)C(OCC(O)CBr)c1ccccc1. The van der Waals surface area contributed by atoms with Crippen LogP contribution in [0.1, 0.15) is 49.2 Å². The second-order valence-corrected chi connectivity index (χ2v) is 10.5. The first-order valence-corrected chi connectivity index (χ1v) is 14.4. The van der Waals surface area contributed by atoms with Crippen molar-refractivity contribution in [2.75, 3.05) is 11.9 Å². The highest BCUT2D eigenvalue weighted by molar-refractivity contribution is 9.09. The van der Waals surface area contributed by atoms with Crippen LogP contribution in [0.5, 0.6) is 0 Å². The highest BCUT2D eigenvalue weighted by Gasteiger charge is 2.44. The molecule has 3 unspecified atom stereocenters. The minimum Gasteiger partial charge on any atom is -0.448 e. The van der Waals surface area contributed by atoms with Gasteiger partial charge in [-0.2, -0.15) is 0 Å². The predicted octanol–water partition coefficient (Wildman–Crippen LogP) is 4.80. The van der Waals surface area contributed by atoms with Gasteiger partial charge in [0.05, 0.1) is 19.1 Å². The van der Waals surface area contributed by atoms with Crippen molar-refractivity contribution in [2.45, 2.75) is 44.7 Å². The van der Waals surface area contributed by atoms with Crippen molar-refractivity contribution in [2.24, 2.45) is 0 Å². The molecule has 0 saturated carbocycles. The van der Waals surface area contributed by atoms with Gasteiger partial charge in [-0.05, 0) is 36.1 Å². The van der Waals surface area contributed by atoms with E-state index >= 15 is 0 Å². The molecule has 8 nitrogen and oxygen atoms in total. The molecule has 1 aliphatic rings. The molecule has 3 aromatic rings. The summed E-state index contributed by atoms with van der Waals surface area (Å²) in [6, 6.07) is 27.6. The number of carbonyl (C=O) groups excluding carboxylic acids is 3. The van der Waals surface area contributed by atoms with Crippen molar-refractivity contribution in [3.05, 3.63) is 119 Å².